The maximum Gasteiger partial charge on any atom is 0.265 e. The summed E-state index contributed by atoms with van der Waals surface area (Å²) < 4.78 is 21.7. The fourth-order valence-electron chi connectivity index (χ4n) is 3.62. The number of ether oxygens (including phenoxy) is 1. The van der Waals surface area contributed by atoms with Crippen LogP contribution in [-0.2, 0) is 16.6 Å². The Hall–Kier alpha value is -2.84. The number of nitrogens with zero attached hydrogens (tertiary/aromatic N) is 4. The van der Waals surface area contributed by atoms with Gasteiger partial charge < -0.3 is 10.1 Å². The number of anilines is 1. The van der Waals surface area contributed by atoms with Crippen molar-refractivity contribution in [2.24, 2.45) is 7.05 Å². The van der Waals surface area contributed by atoms with E-state index in [-0.39, 0.29) is 19.1 Å². The maximum atomic E-state index is 14.8. The number of carbonyl (C=O) groups is 1. The first-order valence-electron chi connectivity index (χ1n) is 9.21. The summed E-state index contributed by atoms with van der Waals surface area (Å²) in [6.07, 6.45) is 5.42. The van der Waals surface area contributed by atoms with E-state index in [0.29, 0.717) is 19.0 Å². The van der Waals surface area contributed by atoms with E-state index in [1.807, 2.05) is 36.3 Å². The number of rotatable bonds is 4. The van der Waals surface area contributed by atoms with E-state index in [4.69, 9.17) is 4.74 Å². The van der Waals surface area contributed by atoms with Gasteiger partial charge in [0.25, 0.3) is 5.91 Å². The van der Waals surface area contributed by atoms with Crippen molar-refractivity contribution in [3.63, 3.8) is 0 Å². The molecule has 2 aliphatic heterocycles. The van der Waals surface area contributed by atoms with Crippen molar-refractivity contribution in [1.82, 2.24) is 19.7 Å². The molecule has 0 spiro atoms. The topological polar surface area (TPSA) is 72.3 Å². The number of halogens is 1. The van der Waals surface area contributed by atoms with Gasteiger partial charge in [-0.1, -0.05) is 12.1 Å². The molecule has 0 atom stereocenters. The molecular weight excluding hydrogens is 361 g/mol. The minimum absolute atomic E-state index is 0.103. The van der Waals surface area contributed by atoms with Crippen molar-refractivity contribution in [2.45, 2.75) is 11.7 Å². The molecule has 1 aromatic carbocycles. The Morgan fingerprint density at radius 1 is 1.21 bits per heavy atom. The third kappa shape index (κ3) is 2.94. The number of hydrogen-bond donors (Lipinski definition) is 1. The maximum absolute atomic E-state index is 14.8. The van der Waals surface area contributed by atoms with Crippen LogP contribution in [0.5, 0.6) is 0 Å². The Labute approximate surface area is 161 Å². The first kappa shape index (κ1) is 17.3. The number of aryl methyl sites for hydroxylation is 1. The Bertz CT molecular complexity index is 1060. The predicted octanol–water partition coefficient (Wildman–Crippen LogP) is 2.00. The van der Waals surface area contributed by atoms with Gasteiger partial charge in [0.05, 0.1) is 25.5 Å². The molecule has 144 valence electrons. The Balaban J connectivity index is 1.33. The van der Waals surface area contributed by atoms with E-state index in [2.05, 4.69) is 15.4 Å². The fourth-order valence-corrected chi connectivity index (χ4v) is 3.62. The summed E-state index contributed by atoms with van der Waals surface area (Å²) in [6, 6.07) is 7.99. The van der Waals surface area contributed by atoms with Crippen LogP contribution in [0.25, 0.3) is 21.9 Å². The Morgan fingerprint density at radius 2 is 2.04 bits per heavy atom. The van der Waals surface area contributed by atoms with Gasteiger partial charge in [0.2, 0.25) is 5.67 Å². The normalized spacial score (nSPS) is 19.2. The van der Waals surface area contributed by atoms with Crippen LogP contribution in [0.3, 0.4) is 0 Å². The molecule has 0 saturated carbocycles. The zero-order valence-electron chi connectivity index (χ0n) is 15.4. The molecule has 2 saturated heterocycles. The van der Waals surface area contributed by atoms with Gasteiger partial charge in [-0.3, -0.25) is 14.4 Å². The van der Waals surface area contributed by atoms with E-state index in [9.17, 15) is 9.18 Å². The van der Waals surface area contributed by atoms with Crippen molar-refractivity contribution in [1.29, 1.82) is 0 Å². The number of carbonyl (C=O) groups excluding carboxylic acids is 1. The van der Waals surface area contributed by atoms with Gasteiger partial charge in [0.1, 0.15) is 5.82 Å². The Morgan fingerprint density at radius 3 is 2.71 bits per heavy atom. The number of likely N-dealkylation sites (tertiary alicyclic amines) is 1. The molecule has 2 aromatic heterocycles. The van der Waals surface area contributed by atoms with Crippen LogP contribution in [0.4, 0.5) is 10.2 Å². The Kier molecular flexibility index (Phi) is 3.92. The van der Waals surface area contributed by atoms with Gasteiger partial charge in [0.15, 0.2) is 0 Å². The third-order valence-corrected chi connectivity index (χ3v) is 5.45. The number of fused-ring (bicyclic) bond motifs is 1. The molecule has 7 nitrogen and oxygen atoms in total. The lowest BCUT2D eigenvalue weighted by Crippen LogP contribution is -2.70. The quantitative estimate of drug-likeness (QED) is 0.748. The highest BCUT2D eigenvalue weighted by Gasteiger charge is 2.53. The molecule has 8 heteroatoms. The molecule has 0 bridgehead atoms. The zero-order valence-corrected chi connectivity index (χ0v) is 15.4. The number of aromatic nitrogens is 3. The summed E-state index contributed by atoms with van der Waals surface area (Å²) >= 11 is 0. The van der Waals surface area contributed by atoms with Crippen LogP contribution < -0.4 is 5.32 Å². The van der Waals surface area contributed by atoms with Crippen LogP contribution in [0, 0.1) is 0 Å². The van der Waals surface area contributed by atoms with Gasteiger partial charge in [-0.05, 0) is 23.1 Å². The second-order valence-corrected chi connectivity index (χ2v) is 7.55. The molecule has 3 aromatic rings. The van der Waals surface area contributed by atoms with Gasteiger partial charge >= 0.3 is 0 Å². The molecule has 2 fully saturated rings. The van der Waals surface area contributed by atoms with Crippen LogP contribution in [-0.4, -0.2) is 63.6 Å². The van der Waals surface area contributed by atoms with Crippen molar-refractivity contribution in [2.75, 3.05) is 31.6 Å². The number of benzene rings is 1. The minimum atomic E-state index is -1.87. The lowest BCUT2D eigenvalue weighted by atomic mass is 9.92. The largest absolute Gasteiger partial charge is 0.378 e. The summed E-state index contributed by atoms with van der Waals surface area (Å²) in [6.45, 7) is 1.43. The summed E-state index contributed by atoms with van der Waals surface area (Å²) in [5.41, 5.74) is 0.150. The molecule has 0 radical (unpaired) electrons. The monoisotopic (exact) mass is 381 g/mol. The average molecular weight is 381 g/mol. The predicted molar refractivity (Wildman–Crippen MR) is 103 cm³/mol. The van der Waals surface area contributed by atoms with Gasteiger partial charge in [-0.15, -0.1) is 0 Å². The minimum Gasteiger partial charge on any atom is -0.378 e. The highest BCUT2D eigenvalue weighted by Crippen LogP contribution is 2.31. The number of pyridine rings is 1. The smallest absolute Gasteiger partial charge is 0.265 e. The highest BCUT2D eigenvalue weighted by molar-refractivity contribution is 5.99. The molecule has 0 aliphatic carbocycles. The van der Waals surface area contributed by atoms with Crippen molar-refractivity contribution in [3.05, 3.63) is 42.9 Å². The summed E-state index contributed by atoms with van der Waals surface area (Å²) in [4.78, 5) is 18.6. The van der Waals surface area contributed by atoms with Crippen LogP contribution >= 0.6 is 0 Å². The average Bonchev–Trinajstić information content (AvgIpc) is 3.04. The van der Waals surface area contributed by atoms with Crippen molar-refractivity contribution in [3.8, 4) is 11.1 Å². The van der Waals surface area contributed by atoms with Crippen LogP contribution in [0.1, 0.15) is 0 Å². The van der Waals surface area contributed by atoms with Crippen molar-refractivity contribution < 1.29 is 13.9 Å². The second-order valence-electron chi connectivity index (χ2n) is 7.55. The van der Waals surface area contributed by atoms with Crippen molar-refractivity contribution >= 4 is 22.5 Å². The molecule has 4 heterocycles. The number of nitrogens with one attached hydrogen (secondary N) is 1. The van der Waals surface area contributed by atoms with E-state index < -0.39 is 11.6 Å². The van der Waals surface area contributed by atoms with Gasteiger partial charge in [0, 0.05) is 43.5 Å². The summed E-state index contributed by atoms with van der Waals surface area (Å²) in [5.74, 6) is -0.289. The van der Waals surface area contributed by atoms with E-state index in [1.54, 1.807) is 23.1 Å². The van der Waals surface area contributed by atoms with Crippen LogP contribution in [0.15, 0.2) is 42.9 Å². The highest BCUT2D eigenvalue weighted by atomic mass is 19.1. The summed E-state index contributed by atoms with van der Waals surface area (Å²) in [7, 11) is 1.87. The van der Waals surface area contributed by atoms with Gasteiger partial charge in [-0.2, -0.15) is 5.10 Å². The number of amides is 1. The molecule has 5 rings (SSSR count). The molecule has 28 heavy (non-hydrogen) atoms. The lowest BCUT2D eigenvalue weighted by molar-refractivity contribution is -0.159. The van der Waals surface area contributed by atoms with E-state index >= 15 is 0 Å². The lowest BCUT2D eigenvalue weighted by Gasteiger charge is -2.49. The second kappa shape index (κ2) is 6.35. The third-order valence-electron chi connectivity index (χ3n) is 5.45. The standard InChI is InChI=1S/C20H20FN5O2/c1-25-8-16(7-23-25)13-2-3-14-6-22-18(5-15(14)4-13)24-19(27)20(21)11-26(12-20)17-9-28-10-17/h2-8,17H,9-12H2,1H3,(H,22,24,27). The summed E-state index contributed by atoms with van der Waals surface area (Å²) in [5, 5.41) is 8.69. The molecular formula is C20H20FN5O2. The van der Waals surface area contributed by atoms with E-state index in [1.165, 1.54) is 0 Å². The zero-order chi connectivity index (χ0) is 19.3. The molecule has 1 N–H and O–H groups in total. The number of alkyl halides is 1. The fraction of sp³-hybridized carbons (Fsp3) is 0.350. The molecule has 0 unspecified atom stereocenters. The molecule has 2 aliphatic rings. The first-order chi connectivity index (χ1) is 13.5. The van der Waals surface area contributed by atoms with Gasteiger partial charge in [-0.25, -0.2) is 9.37 Å². The SMILES string of the molecule is Cn1cc(-c2ccc3cnc(NC(=O)C4(F)CN(C5COC5)C4)cc3c2)cn1. The van der Waals surface area contributed by atoms with Crippen LogP contribution in [0.2, 0.25) is 0 Å². The van der Waals surface area contributed by atoms with E-state index in [0.717, 1.165) is 21.9 Å². The molecule has 1 amide bonds. The first-order valence-corrected chi connectivity index (χ1v) is 9.21. The number of hydrogen-bond acceptors (Lipinski definition) is 5.